The van der Waals surface area contributed by atoms with Crippen molar-refractivity contribution in [2.45, 2.75) is 57.0 Å². The Kier molecular flexibility index (Phi) is 5.07. The molecule has 0 bridgehead atoms. The van der Waals surface area contributed by atoms with Crippen LogP contribution >= 0.6 is 11.8 Å². The number of aliphatic hydroxyl groups excluding tert-OH is 1. The van der Waals surface area contributed by atoms with Crippen LogP contribution in [0.4, 0.5) is 0 Å². The quantitative estimate of drug-likeness (QED) is 0.876. The van der Waals surface area contributed by atoms with Crippen LogP contribution in [0, 0.1) is 0 Å². The van der Waals surface area contributed by atoms with E-state index in [9.17, 15) is 0 Å². The van der Waals surface area contributed by atoms with Crippen LogP contribution in [0.1, 0.15) is 57.9 Å². The lowest BCUT2D eigenvalue weighted by atomic mass is 9.94. The lowest BCUT2D eigenvalue weighted by Gasteiger charge is -2.15. The summed E-state index contributed by atoms with van der Waals surface area (Å²) in [6.45, 7) is 10.8. The minimum absolute atomic E-state index is 0.00630. The van der Waals surface area contributed by atoms with Crippen molar-refractivity contribution in [2.24, 2.45) is 0 Å². The maximum absolute atomic E-state index is 8.88. The number of thioether (sulfide) groups is 1. The summed E-state index contributed by atoms with van der Waals surface area (Å²) in [6, 6.07) is 0. The summed E-state index contributed by atoms with van der Waals surface area (Å²) in [5.41, 5.74) is 0.00630. The van der Waals surface area contributed by atoms with Gasteiger partial charge < -0.3 is 9.52 Å². The van der Waals surface area contributed by atoms with Gasteiger partial charge in [-0.3, -0.25) is 0 Å². The van der Waals surface area contributed by atoms with Crippen molar-refractivity contribution in [3.05, 3.63) is 17.8 Å². The monoisotopic (exact) mass is 257 g/mol. The topological polar surface area (TPSA) is 46.3 Å². The number of hydrogen-bond donors (Lipinski definition) is 1. The van der Waals surface area contributed by atoms with Gasteiger partial charge in [0.1, 0.15) is 5.76 Å². The van der Waals surface area contributed by atoms with Gasteiger partial charge in [-0.2, -0.15) is 0 Å². The van der Waals surface area contributed by atoms with Crippen LogP contribution < -0.4 is 0 Å². The average molecular weight is 257 g/mol. The number of oxazole rings is 1. The van der Waals surface area contributed by atoms with Crippen molar-refractivity contribution in [3.8, 4) is 0 Å². The molecule has 0 aromatic carbocycles. The van der Waals surface area contributed by atoms with Gasteiger partial charge in [0, 0.05) is 17.3 Å². The van der Waals surface area contributed by atoms with Crippen LogP contribution in [-0.2, 0) is 5.41 Å². The van der Waals surface area contributed by atoms with Gasteiger partial charge in [0.15, 0.2) is 0 Å². The Morgan fingerprint density at radius 2 is 2.06 bits per heavy atom. The van der Waals surface area contributed by atoms with Crippen molar-refractivity contribution in [2.75, 3.05) is 6.61 Å². The van der Waals surface area contributed by atoms with Crippen molar-refractivity contribution < 1.29 is 9.52 Å². The lowest BCUT2D eigenvalue weighted by Crippen LogP contribution is -2.09. The highest BCUT2D eigenvalue weighted by molar-refractivity contribution is 8.00. The highest BCUT2D eigenvalue weighted by Crippen LogP contribution is 2.34. The SMILES string of the molecule is C[C@@H](CCO)S[C@H](C)c1ncc(C(C)(C)C)o1. The van der Waals surface area contributed by atoms with Crippen LogP contribution in [0.3, 0.4) is 0 Å². The van der Waals surface area contributed by atoms with E-state index in [-0.39, 0.29) is 17.3 Å². The number of aliphatic hydroxyl groups is 1. The zero-order chi connectivity index (χ0) is 13.1. The van der Waals surface area contributed by atoms with E-state index in [1.807, 2.05) is 6.20 Å². The first-order chi connectivity index (χ1) is 7.84. The zero-order valence-corrected chi connectivity index (χ0v) is 12.2. The molecule has 0 radical (unpaired) electrons. The van der Waals surface area contributed by atoms with E-state index in [1.165, 1.54) is 0 Å². The standard InChI is InChI=1S/C13H23NO2S/c1-9(6-7-15)17-10(2)12-14-8-11(16-12)13(3,4)5/h8-10,15H,6-7H2,1-5H3/t9-,10+/m0/s1. The molecule has 1 aromatic heterocycles. The third-order valence-corrected chi connectivity index (χ3v) is 3.89. The lowest BCUT2D eigenvalue weighted by molar-refractivity contribution is 0.288. The molecule has 0 amide bonds. The number of hydrogen-bond acceptors (Lipinski definition) is 4. The second kappa shape index (κ2) is 5.91. The van der Waals surface area contributed by atoms with E-state index in [1.54, 1.807) is 11.8 Å². The van der Waals surface area contributed by atoms with Gasteiger partial charge in [-0.15, -0.1) is 11.8 Å². The van der Waals surface area contributed by atoms with Gasteiger partial charge in [-0.1, -0.05) is 27.7 Å². The highest BCUT2D eigenvalue weighted by atomic mass is 32.2. The second-order valence-corrected chi connectivity index (χ2v) is 7.20. The van der Waals surface area contributed by atoms with Crippen LogP contribution in [0.25, 0.3) is 0 Å². The molecule has 1 rings (SSSR count). The van der Waals surface area contributed by atoms with Crippen LogP contribution in [0.2, 0.25) is 0 Å². The molecule has 1 aromatic rings. The van der Waals surface area contributed by atoms with Crippen molar-refractivity contribution in [1.29, 1.82) is 0 Å². The van der Waals surface area contributed by atoms with Crippen LogP contribution in [0.5, 0.6) is 0 Å². The number of aromatic nitrogens is 1. The number of rotatable bonds is 5. The molecule has 4 heteroatoms. The zero-order valence-electron chi connectivity index (χ0n) is 11.4. The molecule has 0 unspecified atom stereocenters. The van der Waals surface area contributed by atoms with Gasteiger partial charge in [0.05, 0.1) is 11.4 Å². The smallest absolute Gasteiger partial charge is 0.207 e. The summed E-state index contributed by atoms with van der Waals surface area (Å²) >= 11 is 1.78. The first-order valence-electron chi connectivity index (χ1n) is 6.07. The Morgan fingerprint density at radius 3 is 2.53 bits per heavy atom. The van der Waals surface area contributed by atoms with E-state index < -0.39 is 0 Å². The molecular weight excluding hydrogens is 234 g/mol. The van der Waals surface area contributed by atoms with E-state index in [2.05, 4.69) is 39.6 Å². The molecular formula is C13H23NO2S. The minimum atomic E-state index is 0.00630. The third-order valence-electron chi connectivity index (χ3n) is 2.58. The molecule has 17 heavy (non-hydrogen) atoms. The highest BCUT2D eigenvalue weighted by Gasteiger charge is 2.22. The van der Waals surface area contributed by atoms with E-state index in [0.29, 0.717) is 5.25 Å². The van der Waals surface area contributed by atoms with Gasteiger partial charge in [-0.05, 0) is 13.3 Å². The Hall–Kier alpha value is -0.480. The van der Waals surface area contributed by atoms with Crippen molar-refractivity contribution in [1.82, 2.24) is 4.98 Å². The average Bonchev–Trinajstić information content (AvgIpc) is 2.65. The summed E-state index contributed by atoms with van der Waals surface area (Å²) in [7, 11) is 0. The first-order valence-corrected chi connectivity index (χ1v) is 7.01. The summed E-state index contributed by atoms with van der Waals surface area (Å²) in [6.07, 6.45) is 2.63. The molecule has 98 valence electrons. The fraction of sp³-hybridized carbons (Fsp3) is 0.769. The van der Waals surface area contributed by atoms with E-state index >= 15 is 0 Å². The molecule has 0 aliphatic carbocycles. The van der Waals surface area contributed by atoms with Crippen molar-refractivity contribution >= 4 is 11.8 Å². The third kappa shape index (κ3) is 4.36. The Labute approximate surface area is 108 Å². The summed E-state index contributed by atoms with van der Waals surface area (Å²) in [4.78, 5) is 4.35. The fourth-order valence-corrected chi connectivity index (χ4v) is 2.64. The Bertz CT molecular complexity index is 343. The van der Waals surface area contributed by atoms with Gasteiger partial charge in [0.2, 0.25) is 5.89 Å². The molecule has 2 atom stereocenters. The maximum atomic E-state index is 8.88. The molecule has 0 spiro atoms. The van der Waals surface area contributed by atoms with Gasteiger partial charge in [-0.25, -0.2) is 4.98 Å². The molecule has 0 aliphatic rings. The Balaban J connectivity index is 2.64. The van der Waals surface area contributed by atoms with Crippen LogP contribution in [-0.4, -0.2) is 21.9 Å². The summed E-state index contributed by atoms with van der Waals surface area (Å²) in [5.74, 6) is 1.71. The summed E-state index contributed by atoms with van der Waals surface area (Å²) in [5, 5.41) is 9.52. The molecule has 3 nitrogen and oxygen atoms in total. The van der Waals surface area contributed by atoms with Gasteiger partial charge >= 0.3 is 0 Å². The van der Waals surface area contributed by atoms with E-state index in [4.69, 9.17) is 9.52 Å². The molecule has 0 fully saturated rings. The van der Waals surface area contributed by atoms with Crippen molar-refractivity contribution in [3.63, 3.8) is 0 Å². The summed E-state index contributed by atoms with van der Waals surface area (Å²) < 4.78 is 5.79. The molecule has 1 heterocycles. The predicted octanol–water partition coefficient (Wildman–Crippen LogP) is 3.54. The molecule has 0 saturated carbocycles. The normalized spacial score (nSPS) is 15.9. The van der Waals surface area contributed by atoms with E-state index in [0.717, 1.165) is 18.1 Å². The second-order valence-electron chi connectivity index (χ2n) is 5.41. The van der Waals surface area contributed by atoms with Gasteiger partial charge in [0.25, 0.3) is 0 Å². The Morgan fingerprint density at radius 1 is 1.41 bits per heavy atom. The molecule has 0 aliphatic heterocycles. The maximum Gasteiger partial charge on any atom is 0.207 e. The number of nitrogens with zero attached hydrogens (tertiary/aromatic N) is 1. The molecule has 0 saturated heterocycles. The first kappa shape index (κ1) is 14.6. The van der Waals surface area contributed by atoms with Crippen LogP contribution in [0.15, 0.2) is 10.6 Å². The fourth-order valence-electron chi connectivity index (χ4n) is 1.48. The molecule has 1 N–H and O–H groups in total. The predicted molar refractivity (Wildman–Crippen MR) is 72.4 cm³/mol. The largest absolute Gasteiger partial charge is 0.444 e. The minimum Gasteiger partial charge on any atom is -0.444 e.